The third kappa shape index (κ3) is 2.38. The van der Waals surface area contributed by atoms with E-state index < -0.39 is 5.60 Å². The van der Waals surface area contributed by atoms with E-state index in [0.717, 1.165) is 0 Å². The van der Waals surface area contributed by atoms with Crippen molar-refractivity contribution in [2.24, 2.45) is 0 Å². The van der Waals surface area contributed by atoms with Gasteiger partial charge < -0.3 is 9.84 Å². The standard InChI is InChI=1S/C8H12O2/c1-7(2,9)4-5-8(3)6-10-8/h9H,6H2,1-3H3. The molecule has 10 heavy (non-hydrogen) atoms. The van der Waals surface area contributed by atoms with E-state index in [1.807, 2.05) is 6.92 Å². The first-order chi connectivity index (χ1) is 4.41. The molecule has 1 unspecified atom stereocenters. The van der Waals surface area contributed by atoms with E-state index >= 15 is 0 Å². The molecule has 0 aromatic rings. The first kappa shape index (κ1) is 7.59. The van der Waals surface area contributed by atoms with E-state index in [2.05, 4.69) is 11.8 Å². The molecule has 0 aromatic heterocycles. The first-order valence-electron chi connectivity index (χ1n) is 3.32. The van der Waals surface area contributed by atoms with Crippen LogP contribution in [0.25, 0.3) is 0 Å². The lowest BCUT2D eigenvalue weighted by Gasteiger charge is -2.06. The van der Waals surface area contributed by atoms with Gasteiger partial charge in [0, 0.05) is 0 Å². The third-order valence-electron chi connectivity index (χ3n) is 1.21. The Kier molecular flexibility index (Phi) is 1.50. The highest BCUT2D eigenvalue weighted by Gasteiger charge is 2.37. The van der Waals surface area contributed by atoms with Gasteiger partial charge in [0.05, 0.1) is 6.61 Å². The largest absolute Gasteiger partial charge is 0.378 e. The van der Waals surface area contributed by atoms with Gasteiger partial charge in [0.15, 0.2) is 0 Å². The normalized spacial score (nSPS) is 30.8. The van der Waals surface area contributed by atoms with Crippen LogP contribution in [0.4, 0.5) is 0 Å². The highest BCUT2D eigenvalue weighted by molar-refractivity contribution is 5.23. The lowest BCUT2D eigenvalue weighted by atomic mass is 10.1. The molecule has 0 radical (unpaired) electrons. The van der Waals surface area contributed by atoms with Gasteiger partial charge in [-0.05, 0) is 20.8 Å². The van der Waals surface area contributed by atoms with Crippen LogP contribution in [-0.2, 0) is 4.74 Å². The molecule has 0 aliphatic carbocycles. The van der Waals surface area contributed by atoms with Crippen LogP contribution < -0.4 is 0 Å². The number of epoxide rings is 1. The van der Waals surface area contributed by atoms with Crippen LogP contribution in [0.2, 0.25) is 0 Å². The van der Waals surface area contributed by atoms with E-state index in [0.29, 0.717) is 6.61 Å². The zero-order valence-electron chi connectivity index (χ0n) is 6.56. The van der Waals surface area contributed by atoms with Crippen molar-refractivity contribution in [3.05, 3.63) is 0 Å². The lowest BCUT2D eigenvalue weighted by Crippen LogP contribution is -2.16. The Labute approximate surface area is 61.2 Å². The Hall–Kier alpha value is -0.520. The van der Waals surface area contributed by atoms with Crippen LogP contribution in [-0.4, -0.2) is 22.9 Å². The number of hydrogen-bond donors (Lipinski definition) is 1. The summed E-state index contributed by atoms with van der Waals surface area (Å²) in [7, 11) is 0. The molecule has 0 spiro atoms. The summed E-state index contributed by atoms with van der Waals surface area (Å²) >= 11 is 0. The zero-order valence-corrected chi connectivity index (χ0v) is 6.56. The van der Waals surface area contributed by atoms with Gasteiger partial charge in [-0.2, -0.15) is 0 Å². The fraction of sp³-hybridized carbons (Fsp3) is 0.750. The second kappa shape index (κ2) is 1.98. The molecule has 2 nitrogen and oxygen atoms in total. The zero-order chi connectivity index (χ0) is 7.83. The number of rotatable bonds is 0. The molecule has 1 aliphatic heterocycles. The molecule has 0 aromatic carbocycles. The van der Waals surface area contributed by atoms with Gasteiger partial charge in [0.1, 0.15) is 11.2 Å². The van der Waals surface area contributed by atoms with E-state index in [1.54, 1.807) is 13.8 Å². The average Bonchev–Trinajstić information content (AvgIpc) is 2.43. The summed E-state index contributed by atoms with van der Waals surface area (Å²) in [5.41, 5.74) is -1.16. The van der Waals surface area contributed by atoms with Crippen molar-refractivity contribution in [1.29, 1.82) is 0 Å². The maximum Gasteiger partial charge on any atom is 0.149 e. The van der Waals surface area contributed by atoms with Crippen molar-refractivity contribution < 1.29 is 9.84 Å². The second-order valence-corrected chi connectivity index (χ2v) is 3.33. The summed E-state index contributed by atoms with van der Waals surface area (Å²) in [6.45, 7) is 5.92. The van der Waals surface area contributed by atoms with Gasteiger partial charge in [0.25, 0.3) is 0 Å². The molecule has 1 rings (SSSR count). The summed E-state index contributed by atoms with van der Waals surface area (Å²) < 4.78 is 5.01. The highest BCUT2D eigenvalue weighted by Crippen LogP contribution is 2.24. The fourth-order valence-corrected chi connectivity index (χ4v) is 0.466. The topological polar surface area (TPSA) is 32.8 Å². The maximum atomic E-state index is 9.18. The van der Waals surface area contributed by atoms with Crippen molar-refractivity contribution in [1.82, 2.24) is 0 Å². The van der Waals surface area contributed by atoms with Crippen molar-refractivity contribution in [2.45, 2.75) is 32.0 Å². The van der Waals surface area contributed by atoms with Gasteiger partial charge in [-0.15, -0.1) is 0 Å². The van der Waals surface area contributed by atoms with Crippen molar-refractivity contribution in [3.8, 4) is 11.8 Å². The predicted octanol–water partition coefficient (Wildman–Crippen LogP) is 0.550. The molecule has 0 bridgehead atoms. The fourth-order valence-electron chi connectivity index (χ4n) is 0.466. The number of ether oxygens (including phenoxy) is 1. The predicted molar refractivity (Wildman–Crippen MR) is 38.4 cm³/mol. The van der Waals surface area contributed by atoms with Gasteiger partial charge in [-0.3, -0.25) is 0 Å². The quantitative estimate of drug-likeness (QED) is 0.393. The molecule has 1 fully saturated rings. The Balaban J connectivity index is 2.54. The van der Waals surface area contributed by atoms with E-state index in [-0.39, 0.29) is 5.60 Å². The molecular weight excluding hydrogens is 128 g/mol. The molecule has 0 saturated carbocycles. The van der Waals surface area contributed by atoms with Crippen molar-refractivity contribution in [3.63, 3.8) is 0 Å². The average molecular weight is 140 g/mol. The minimum atomic E-state index is -0.894. The molecule has 1 atom stereocenters. The van der Waals surface area contributed by atoms with Gasteiger partial charge in [-0.1, -0.05) is 11.8 Å². The molecule has 1 saturated heterocycles. The molecule has 1 N–H and O–H groups in total. The summed E-state index contributed by atoms with van der Waals surface area (Å²) in [6, 6.07) is 0. The maximum absolute atomic E-state index is 9.18. The lowest BCUT2D eigenvalue weighted by molar-refractivity contribution is 0.143. The Morgan fingerprint density at radius 3 is 2.40 bits per heavy atom. The summed E-state index contributed by atoms with van der Waals surface area (Å²) in [5.74, 6) is 5.56. The molecule has 1 aliphatic rings. The summed E-state index contributed by atoms with van der Waals surface area (Å²) in [5, 5.41) is 9.18. The van der Waals surface area contributed by atoms with Crippen LogP contribution in [0, 0.1) is 11.8 Å². The Bertz CT molecular complexity index is 176. The molecule has 1 heterocycles. The summed E-state index contributed by atoms with van der Waals surface area (Å²) in [4.78, 5) is 0. The molecule has 56 valence electrons. The monoisotopic (exact) mass is 140 g/mol. The Morgan fingerprint density at radius 2 is 2.10 bits per heavy atom. The molecule has 2 heteroatoms. The second-order valence-electron chi connectivity index (χ2n) is 3.33. The minimum Gasteiger partial charge on any atom is -0.378 e. The number of aliphatic hydroxyl groups is 1. The van der Waals surface area contributed by atoms with E-state index in [1.165, 1.54) is 0 Å². The first-order valence-corrected chi connectivity index (χ1v) is 3.32. The van der Waals surface area contributed by atoms with E-state index in [4.69, 9.17) is 4.74 Å². The summed E-state index contributed by atoms with van der Waals surface area (Å²) in [6.07, 6.45) is 0. The van der Waals surface area contributed by atoms with Crippen LogP contribution in [0.15, 0.2) is 0 Å². The third-order valence-corrected chi connectivity index (χ3v) is 1.21. The van der Waals surface area contributed by atoms with Gasteiger partial charge >= 0.3 is 0 Å². The van der Waals surface area contributed by atoms with Crippen molar-refractivity contribution >= 4 is 0 Å². The van der Waals surface area contributed by atoms with E-state index in [9.17, 15) is 5.11 Å². The van der Waals surface area contributed by atoms with Crippen molar-refractivity contribution in [2.75, 3.05) is 6.61 Å². The molecular formula is C8H12O2. The van der Waals surface area contributed by atoms with Crippen LogP contribution >= 0.6 is 0 Å². The van der Waals surface area contributed by atoms with Crippen LogP contribution in [0.5, 0.6) is 0 Å². The number of hydrogen-bond acceptors (Lipinski definition) is 2. The Morgan fingerprint density at radius 1 is 1.60 bits per heavy atom. The smallest absolute Gasteiger partial charge is 0.149 e. The highest BCUT2D eigenvalue weighted by atomic mass is 16.6. The van der Waals surface area contributed by atoms with Gasteiger partial charge in [0.2, 0.25) is 0 Å². The SMILES string of the molecule is CC(C)(O)C#CC1(C)CO1. The van der Waals surface area contributed by atoms with Gasteiger partial charge in [-0.25, -0.2) is 0 Å². The van der Waals surface area contributed by atoms with Crippen LogP contribution in [0.1, 0.15) is 20.8 Å². The molecule has 0 amide bonds. The van der Waals surface area contributed by atoms with Crippen LogP contribution in [0.3, 0.4) is 0 Å². The minimum absolute atomic E-state index is 0.264.